The summed E-state index contributed by atoms with van der Waals surface area (Å²) in [6, 6.07) is 7.28. The first-order valence-corrected chi connectivity index (χ1v) is 7.16. The van der Waals surface area contributed by atoms with Gasteiger partial charge in [0.1, 0.15) is 18.1 Å². The molecule has 0 aliphatic heterocycles. The standard InChI is InChI=1S/C16H20FN3O3/c1-16(2,3)13(21)9-23-14-8-11(15(18)22)19-20(14)12-7-5-4-6-10(12)17/h4-8,13,21H,9H2,1-3H3,(H2,18,22). The van der Waals surface area contributed by atoms with Crippen molar-refractivity contribution in [1.82, 2.24) is 9.78 Å². The first-order valence-electron chi connectivity index (χ1n) is 7.16. The van der Waals surface area contributed by atoms with Gasteiger partial charge in [0.2, 0.25) is 5.88 Å². The molecule has 1 atom stereocenters. The Balaban J connectivity index is 2.35. The highest BCUT2D eigenvalue weighted by molar-refractivity contribution is 5.91. The lowest BCUT2D eigenvalue weighted by molar-refractivity contribution is 0.0197. The minimum atomic E-state index is -0.749. The second-order valence-corrected chi connectivity index (χ2v) is 6.29. The predicted octanol–water partition coefficient (Wildman–Crippen LogP) is 1.90. The minimum Gasteiger partial charge on any atom is -0.475 e. The molecule has 1 amide bonds. The number of halogens is 1. The number of nitrogens with two attached hydrogens (primary N) is 1. The molecule has 0 spiro atoms. The van der Waals surface area contributed by atoms with Gasteiger partial charge in [-0.05, 0) is 17.5 Å². The van der Waals surface area contributed by atoms with E-state index in [-0.39, 0.29) is 29.3 Å². The molecule has 2 aromatic rings. The molecule has 3 N–H and O–H groups in total. The van der Waals surface area contributed by atoms with Crippen molar-refractivity contribution in [2.45, 2.75) is 26.9 Å². The molecular formula is C16H20FN3O3. The smallest absolute Gasteiger partial charge is 0.269 e. The second kappa shape index (κ2) is 6.37. The van der Waals surface area contributed by atoms with Gasteiger partial charge in [0.05, 0.1) is 6.10 Å². The van der Waals surface area contributed by atoms with Crippen LogP contribution in [-0.2, 0) is 0 Å². The van der Waals surface area contributed by atoms with Crippen LogP contribution >= 0.6 is 0 Å². The van der Waals surface area contributed by atoms with E-state index in [0.29, 0.717) is 0 Å². The molecule has 1 aromatic carbocycles. The van der Waals surface area contributed by atoms with E-state index in [1.807, 2.05) is 20.8 Å². The summed E-state index contributed by atoms with van der Waals surface area (Å²) in [6.07, 6.45) is -0.747. The van der Waals surface area contributed by atoms with Crippen LogP contribution in [0.4, 0.5) is 4.39 Å². The summed E-state index contributed by atoms with van der Waals surface area (Å²) >= 11 is 0. The van der Waals surface area contributed by atoms with E-state index in [0.717, 1.165) is 4.68 Å². The van der Waals surface area contributed by atoms with Crippen LogP contribution in [0.2, 0.25) is 0 Å². The molecule has 1 heterocycles. The van der Waals surface area contributed by atoms with Gasteiger partial charge in [-0.15, -0.1) is 0 Å². The minimum absolute atomic E-state index is 0.0259. The quantitative estimate of drug-likeness (QED) is 0.880. The van der Waals surface area contributed by atoms with Crippen molar-refractivity contribution >= 4 is 5.91 Å². The number of hydrogen-bond donors (Lipinski definition) is 2. The fourth-order valence-corrected chi connectivity index (χ4v) is 1.80. The number of aliphatic hydroxyl groups excluding tert-OH is 1. The van der Waals surface area contributed by atoms with E-state index >= 15 is 0 Å². The van der Waals surface area contributed by atoms with Crippen molar-refractivity contribution in [1.29, 1.82) is 0 Å². The lowest BCUT2D eigenvalue weighted by Gasteiger charge is -2.25. The van der Waals surface area contributed by atoms with Gasteiger partial charge in [-0.25, -0.2) is 4.39 Å². The summed E-state index contributed by atoms with van der Waals surface area (Å²) in [5.41, 5.74) is 4.92. The molecule has 124 valence electrons. The molecule has 7 heteroatoms. The summed E-state index contributed by atoms with van der Waals surface area (Å²) in [7, 11) is 0. The molecule has 0 bridgehead atoms. The maximum Gasteiger partial charge on any atom is 0.269 e. The van der Waals surface area contributed by atoms with Crippen LogP contribution < -0.4 is 10.5 Å². The van der Waals surface area contributed by atoms with Gasteiger partial charge in [0, 0.05) is 6.07 Å². The number of hydrogen-bond acceptors (Lipinski definition) is 4. The number of primary amides is 1. The van der Waals surface area contributed by atoms with Crippen molar-refractivity contribution in [3.63, 3.8) is 0 Å². The monoisotopic (exact) mass is 321 g/mol. The van der Waals surface area contributed by atoms with Gasteiger partial charge in [-0.3, -0.25) is 4.79 Å². The Labute approximate surface area is 133 Å². The SMILES string of the molecule is CC(C)(C)C(O)COc1cc(C(N)=O)nn1-c1ccccc1F. The maximum atomic E-state index is 14.0. The Kier molecular flexibility index (Phi) is 4.70. The third kappa shape index (κ3) is 3.87. The highest BCUT2D eigenvalue weighted by atomic mass is 19.1. The molecule has 1 aromatic heterocycles. The van der Waals surface area contributed by atoms with Crippen molar-refractivity contribution in [3.8, 4) is 11.6 Å². The van der Waals surface area contributed by atoms with Gasteiger partial charge in [0.15, 0.2) is 5.69 Å². The molecule has 2 rings (SSSR count). The first-order chi connectivity index (χ1) is 10.7. The average Bonchev–Trinajstić information content (AvgIpc) is 2.88. The van der Waals surface area contributed by atoms with Crippen molar-refractivity contribution in [3.05, 3.63) is 41.8 Å². The van der Waals surface area contributed by atoms with Crippen LogP contribution in [-0.4, -0.2) is 33.5 Å². The van der Waals surface area contributed by atoms with Crippen LogP contribution in [0, 0.1) is 11.2 Å². The number of para-hydroxylation sites is 1. The molecule has 0 aliphatic rings. The van der Waals surface area contributed by atoms with Crippen LogP contribution in [0.25, 0.3) is 5.69 Å². The molecular weight excluding hydrogens is 301 g/mol. The molecule has 0 fully saturated rings. The molecule has 6 nitrogen and oxygen atoms in total. The van der Waals surface area contributed by atoms with E-state index in [2.05, 4.69) is 5.10 Å². The lowest BCUT2D eigenvalue weighted by Crippen LogP contribution is -2.32. The largest absolute Gasteiger partial charge is 0.475 e. The summed E-state index contributed by atoms with van der Waals surface area (Å²) < 4.78 is 20.7. The molecule has 23 heavy (non-hydrogen) atoms. The van der Waals surface area contributed by atoms with E-state index < -0.39 is 17.8 Å². The van der Waals surface area contributed by atoms with E-state index in [1.165, 1.54) is 18.2 Å². The summed E-state index contributed by atoms with van der Waals surface area (Å²) in [6.45, 7) is 5.57. The number of ether oxygens (including phenoxy) is 1. The molecule has 0 saturated heterocycles. The Morgan fingerprint density at radius 1 is 1.43 bits per heavy atom. The Morgan fingerprint density at radius 2 is 2.09 bits per heavy atom. The summed E-state index contributed by atoms with van der Waals surface area (Å²) in [4.78, 5) is 11.3. The zero-order valence-corrected chi connectivity index (χ0v) is 13.3. The van der Waals surface area contributed by atoms with Crippen molar-refractivity contribution < 1.29 is 19.0 Å². The number of nitrogens with zero attached hydrogens (tertiary/aromatic N) is 2. The highest BCUT2D eigenvalue weighted by Gasteiger charge is 2.24. The third-order valence-electron chi connectivity index (χ3n) is 3.40. The van der Waals surface area contributed by atoms with Crippen LogP contribution in [0.5, 0.6) is 5.88 Å². The second-order valence-electron chi connectivity index (χ2n) is 6.29. The zero-order chi connectivity index (χ0) is 17.2. The maximum absolute atomic E-state index is 14.0. The van der Waals surface area contributed by atoms with Crippen molar-refractivity contribution in [2.75, 3.05) is 6.61 Å². The van der Waals surface area contributed by atoms with Crippen LogP contribution in [0.3, 0.4) is 0 Å². The number of carbonyl (C=O) groups excluding carboxylic acids is 1. The van der Waals surface area contributed by atoms with Gasteiger partial charge >= 0.3 is 0 Å². The average molecular weight is 321 g/mol. The Hall–Kier alpha value is -2.41. The molecule has 0 saturated carbocycles. The fourth-order valence-electron chi connectivity index (χ4n) is 1.80. The van der Waals surface area contributed by atoms with E-state index in [9.17, 15) is 14.3 Å². The first kappa shape index (κ1) is 17.0. The van der Waals surface area contributed by atoms with Gasteiger partial charge in [0.25, 0.3) is 5.91 Å². The third-order valence-corrected chi connectivity index (χ3v) is 3.40. The van der Waals surface area contributed by atoms with Gasteiger partial charge in [-0.2, -0.15) is 9.78 Å². The molecule has 0 aliphatic carbocycles. The van der Waals surface area contributed by atoms with Gasteiger partial charge in [-0.1, -0.05) is 32.9 Å². The van der Waals surface area contributed by atoms with E-state index in [4.69, 9.17) is 10.5 Å². The van der Waals surface area contributed by atoms with Crippen LogP contribution in [0.1, 0.15) is 31.3 Å². The Morgan fingerprint density at radius 3 is 2.65 bits per heavy atom. The number of amides is 1. The van der Waals surface area contributed by atoms with E-state index in [1.54, 1.807) is 12.1 Å². The van der Waals surface area contributed by atoms with Crippen molar-refractivity contribution in [2.24, 2.45) is 11.1 Å². The highest BCUT2D eigenvalue weighted by Crippen LogP contribution is 2.24. The Bertz CT molecular complexity index is 707. The van der Waals surface area contributed by atoms with Gasteiger partial charge < -0.3 is 15.6 Å². The lowest BCUT2D eigenvalue weighted by atomic mass is 9.90. The zero-order valence-electron chi connectivity index (χ0n) is 13.3. The normalized spacial score (nSPS) is 12.9. The van der Waals surface area contributed by atoms with Crippen LogP contribution in [0.15, 0.2) is 30.3 Å². The number of aliphatic hydroxyl groups is 1. The number of rotatable bonds is 5. The summed E-state index contributed by atoms with van der Waals surface area (Å²) in [5, 5.41) is 14.0. The summed E-state index contributed by atoms with van der Waals surface area (Å²) in [5.74, 6) is -1.14. The molecule has 0 radical (unpaired) electrons. The predicted molar refractivity (Wildman–Crippen MR) is 83.0 cm³/mol. The molecule has 1 unspecified atom stereocenters. The topological polar surface area (TPSA) is 90.4 Å². The number of carbonyl (C=O) groups is 1. The number of aromatic nitrogens is 2. The fraction of sp³-hybridized carbons (Fsp3) is 0.375. The number of benzene rings is 1.